The van der Waals surface area contributed by atoms with Crippen molar-refractivity contribution in [3.63, 3.8) is 0 Å². The van der Waals surface area contributed by atoms with Crippen molar-refractivity contribution in [1.82, 2.24) is 4.98 Å². The Morgan fingerprint density at radius 1 is 1.00 bits per heavy atom. The maximum atomic E-state index is 10.5. The third-order valence-corrected chi connectivity index (χ3v) is 4.81. The van der Waals surface area contributed by atoms with E-state index in [1.54, 1.807) is 0 Å². The van der Waals surface area contributed by atoms with Gasteiger partial charge in [-0.15, -0.1) is 0 Å². The first-order chi connectivity index (χ1) is 14.6. The molecule has 1 heterocycles. The van der Waals surface area contributed by atoms with Crippen LogP contribution in [0.5, 0.6) is 0 Å². The van der Waals surface area contributed by atoms with Crippen LogP contribution in [0.1, 0.15) is 18.4 Å². The van der Waals surface area contributed by atoms with Gasteiger partial charge in [0.05, 0.1) is 23.3 Å². The molecule has 0 bridgehead atoms. The van der Waals surface area contributed by atoms with Crippen LogP contribution in [0, 0.1) is 0 Å². The van der Waals surface area contributed by atoms with E-state index in [1.165, 1.54) is 0 Å². The van der Waals surface area contributed by atoms with Crippen LogP contribution in [-0.4, -0.2) is 17.6 Å². The van der Waals surface area contributed by atoms with Crippen molar-refractivity contribution in [3.05, 3.63) is 72.3 Å². The number of hydrogen-bond acceptors (Lipinski definition) is 6. The van der Waals surface area contributed by atoms with E-state index < -0.39 is 5.97 Å². The van der Waals surface area contributed by atoms with Gasteiger partial charge in [0, 0.05) is 34.7 Å². The topological polar surface area (TPSA) is 100 Å². The number of hydrogen-bond donors (Lipinski definition) is 2. The van der Waals surface area contributed by atoms with Crippen molar-refractivity contribution in [2.24, 2.45) is 0 Å². The van der Waals surface area contributed by atoms with Crippen LogP contribution < -0.4 is 45.7 Å². The molecule has 0 radical (unpaired) electrons. The summed E-state index contributed by atoms with van der Waals surface area (Å²) in [4.78, 5) is 15.2. The first-order valence-corrected chi connectivity index (χ1v) is 9.82. The average Bonchev–Trinajstić information content (AvgIpc) is 2.73. The number of aromatic nitrogens is 1. The number of rotatable bonds is 8. The number of aliphatic carboxylic acids is 1. The van der Waals surface area contributed by atoms with Gasteiger partial charge < -0.3 is 25.7 Å². The zero-order valence-corrected chi connectivity index (χ0v) is 19.4. The fourth-order valence-electron chi connectivity index (χ4n) is 3.50. The molecule has 0 spiro atoms. The third kappa shape index (κ3) is 5.74. The minimum absolute atomic E-state index is 0. The van der Waals surface area contributed by atoms with Gasteiger partial charge in [0.2, 0.25) is 0 Å². The van der Waals surface area contributed by atoms with Crippen LogP contribution >= 0.6 is 0 Å². The molecular weight excluding hydrogens is 401 g/mol. The quantitative estimate of drug-likeness (QED) is 0.188. The summed E-state index contributed by atoms with van der Waals surface area (Å²) in [6, 6.07) is 21.8. The summed E-state index contributed by atoms with van der Waals surface area (Å²) < 4.78 is 5.59. The number of benzene rings is 3. The number of nitrogens with two attached hydrogens (primary N) is 1. The second-order valence-corrected chi connectivity index (χ2v) is 7.14. The Balaban J connectivity index is 0.00000272. The van der Waals surface area contributed by atoms with Gasteiger partial charge in [0.15, 0.2) is 0 Å². The molecule has 1 aromatic heterocycles. The third-order valence-electron chi connectivity index (χ3n) is 4.81. The largest absolute Gasteiger partial charge is 1.00 e. The van der Waals surface area contributed by atoms with Gasteiger partial charge in [-0.2, -0.15) is 0 Å². The van der Waals surface area contributed by atoms with E-state index in [1.807, 2.05) is 66.7 Å². The monoisotopic (exact) mass is 423 g/mol. The molecule has 0 atom stereocenters. The zero-order valence-electron chi connectivity index (χ0n) is 17.4. The van der Waals surface area contributed by atoms with E-state index in [0.29, 0.717) is 25.3 Å². The molecule has 0 fully saturated rings. The molecule has 0 saturated carbocycles. The predicted octanol–water partition coefficient (Wildman–Crippen LogP) is 0.764. The molecular formula is C24H22N3NaO3. The van der Waals surface area contributed by atoms with Crippen molar-refractivity contribution < 1.29 is 44.2 Å². The maximum Gasteiger partial charge on any atom is 1.00 e. The number of nitrogens with one attached hydrogen (secondary N) is 1. The normalized spacial score (nSPS) is 10.7. The molecule has 0 saturated heterocycles. The molecule has 0 aliphatic heterocycles. The molecule has 31 heavy (non-hydrogen) atoms. The second-order valence-electron chi connectivity index (χ2n) is 7.14. The summed E-state index contributed by atoms with van der Waals surface area (Å²) in [6.45, 7) is 0.704. The van der Waals surface area contributed by atoms with Crippen LogP contribution in [0.4, 0.5) is 17.1 Å². The SMILES string of the molecule is Nc1cc(COCCCC(=O)[O-])cc(Nc2c3ccccc3nc3ccccc23)c1.[Na+]. The number of para-hydroxylation sites is 2. The van der Waals surface area contributed by atoms with Crippen LogP contribution in [0.3, 0.4) is 0 Å². The second kappa shape index (κ2) is 10.6. The number of pyridine rings is 1. The van der Waals surface area contributed by atoms with Crippen molar-refractivity contribution in [3.8, 4) is 0 Å². The molecule has 6 nitrogen and oxygen atoms in total. The van der Waals surface area contributed by atoms with Crippen LogP contribution in [0.25, 0.3) is 21.8 Å². The summed E-state index contributed by atoms with van der Waals surface area (Å²) in [6.07, 6.45) is 0.413. The van der Waals surface area contributed by atoms with Crippen LogP contribution in [-0.2, 0) is 16.1 Å². The average molecular weight is 423 g/mol. The maximum absolute atomic E-state index is 10.5. The van der Waals surface area contributed by atoms with E-state index in [2.05, 4.69) is 5.32 Å². The van der Waals surface area contributed by atoms with Crippen molar-refractivity contribution in [2.45, 2.75) is 19.4 Å². The van der Waals surface area contributed by atoms with E-state index in [4.69, 9.17) is 15.5 Å². The summed E-state index contributed by atoms with van der Waals surface area (Å²) >= 11 is 0. The number of ether oxygens (including phenoxy) is 1. The molecule has 4 rings (SSSR count). The van der Waals surface area contributed by atoms with Crippen molar-refractivity contribution in [1.29, 1.82) is 0 Å². The molecule has 4 aromatic rings. The standard InChI is InChI=1S/C24H23N3O3.Na/c25-17-12-16(15-30-11-5-10-23(28)29)13-18(14-17)26-24-19-6-1-3-8-21(19)27-22-9-4-2-7-20(22)24;/h1-4,6-9,12-14H,5,10-11,15,25H2,(H,26,27)(H,28,29);/q;+1/p-1. The number of carboxylic acid groups (broad SMARTS) is 1. The number of fused-ring (bicyclic) bond motifs is 2. The summed E-state index contributed by atoms with van der Waals surface area (Å²) in [5, 5.41) is 16.1. The van der Waals surface area contributed by atoms with Crippen molar-refractivity contribution in [2.75, 3.05) is 17.7 Å². The number of nitrogens with zero attached hydrogens (tertiary/aromatic N) is 1. The first kappa shape index (κ1) is 23.0. The molecule has 3 N–H and O–H groups in total. The number of nitrogen functional groups attached to an aromatic ring is 1. The summed E-state index contributed by atoms with van der Waals surface area (Å²) in [5.74, 6) is -1.06. The summed E-state index contributed by atoms with van der Waals surface area (Å²) in [7, 11) is 0. The van der Waals surface area contributed by atoms with Crippen LogP contribution in [0.15, 0.2) is 66.7 Å². The molecule has 7 heteroatoms. The van der Waals surface area contributed by atoms with E-state index in [-0.39, 0.29) is 36.0 Å². The van der Waals surface area contributed by atoms with E-state index >= 15 is 0 Å². The fraction of sp³-hybridized carbons (Fsp3) is 0.167. The Morgan fingerprint density at radius 3 is 2.29 bits per heavy atom. The molecule has 0 aliphatic rings. The Morgan fingerprint density at radius 2 is 1.65 bits per heavy atom. The van der Waals surface area contributed by atoms with Gasteiger partial charge in [-0.25, -0.2) is 4.98 Å². The summed E-state index contributed by atoms with van der Waals surface area (Å²) in [5.41, 5.74) is 11.3. The molecule has 0 unspecified atom stereocenters. The van der Waals surface area contributed by atoms with E-state index in [0.717, 1.165) is 38.7 Å². The smallest absolute Gasteiger partial charge is 0.550 e. The molecule has 0 amide bonds. The Bertz CT molecular complexity index is 1160. The number of carbonyl (C=O) groups excluding carboxylic acids is 1. The predicted molar refractivity (Wildman–Crippen MR) is 117 cm³/mol. The van der Waals surface area contributed by atoms with Gasteiger partial charge in [0.1, 0.15) is 0 Å². The Hall–Kier alpha value is -2.64. The van der Waals surface area contributed by atoms with Crippen molar-refractivity contribution >= 4 is 44.8 Å². The number of carboxylic acids is 1. The Labute approximate surface area is 202 Å². The molecule has 3 aromatic carbocycles. The van der Waals surface area contributed by atoms with Crippen LogP contribution in [0.2, 0.25) is 0 Å². The minimum atomic E-state index is -1.06. The van der Waals surface area contributed by atoms with Gasteiger partial charge in [-0.3, -0.25) is 0 Å². The van der Waals surface area contributed by atoms with Gasteiger partial charge in [-0.05, 0) is 48.7 Å². The molecule has 152 valence electrons. The fourth-order valence-corrected chi connectivity index (χ4v) is 3.50. The minimum Gasteiger partial charge on any atom is -0.550 e. The molecule has 0 aliphatic carbocycles. The number of carbonyl (C=O) groups is 1. The van der Waals surface area contributed by atoms with Gasteiger partial charge >= 0.3 is 29.6 Å². The van der Waals surface area contributed by atoms with E-state index in [9.17, 15) is 9.90 Å². The first-order valence-electron chi connectivity index (χ1n) is 9.82. The zero-order chi connectivity index (χ0) is 20.9. The van der Waals surface area contributed by atoms with Gasteiger partial charge in [-0.1, -0.05) is 36.4 Å². The number of anilines is 3. The van der Waals surface area contributed by atoms with Gasteiger partial charge in [0.25, 0.3) is 0 Å². The Kier molecular flexibility index (Phi) is 7.87.